The second kappa shape index (κ2) is 9.43. The summed E-state index contributed by atoms with van der Waals surface area (Å²) in [5.74, 6) is -0.282. The summed E-state index contributed by atoms with van der Waals surface area (Å²) in [6.07, 6.45) is -0.723. The number of fused-ring (bicyclic) bond motifs is 1. The van der Waals surface area contributed by atoms with Gasteiger partial charge in [-0.05, 0) is 55.5 Å². The Morgan fingerprint density at radius 1 is 1.12 bits per heavy atom. The van der Waals surface area contributed by atoms with Gasteiger partial charge < -0.3 is 14.4 Å². The topological polar surface area (TPSA) is 56.1 Å². The molecule has 6 nitrogen and oxygen atoms in total. The summed E-state index contributed by atoms with van der Waals surface area (Å²) < 4.78 is 48.5. The number of carbonyl (C=O) groups is 1. The number of halogens is 3. The van der Waals surface area contributed by atoms with E-state index in [0.29, 0.717) is 38.0 Å². The van der Waals surface area contributed by atoms with E-state index in [1.165, 1.54) is 12.1 Å². The Bertz CT molecular complexity index is 1120. The number of ether oxygens (including phenoxy) is 2. The molecule has 3 aromatic rings. The van der Waals surface area contributed by atoms with E-state index in [4.69, 9.17) is 4.74 Å². The van der Waals surface area contributed by atoms with Gasteiger partial charge in [-0.15, -0.1) is 13.2 Å². The van der Waals surface area contributed by atoms with Gasteiger partial charge in [0.2, 0.25) is 0 Å². The maximum atomic E-state index is 13.3. The molecule has 0 spiro atoms. The number of benzene rings is 1. The third kappa shape index (κ3) is 5.47. The molecule has 0 N–H and O–H groups in total. The lowest BCUT2D eigenvalue weighted by molar-refractivity contribution is -0.274. The summed E-state index contributed by atoms with van der Waals surface area (Å²) >= 11 is 0. The Kier molecular flexibility index (Phi) is 6.60. The van der Waals surface area contributed by atoms with Gasteiger partial charge >= 0.3 is 6.36 Å². The molecule has 3 heterocycles. The molecule has 2 aromatic heterocycles. The predicted octanol–water partition coefficient (Wildman–Crippen LogP) is 4.93. The van der Waals surface area contributed by atoms with Gasteiger partial charge in [-0.2, -0.15) is 0 Å². The molecule has 9 heteroatoms. The average Bonchev–Trinajstić information content (AvgIpc) is 3.15. The first-order valence-corrected chi connectivity index (χ1v) is 11.0. The first-order valence-electron chi connectivity index (χ1n) is 11.0. The number of carbonyl (C=O) groups excluding carboxylic acids is 1. The van der Waals surface area contributed by atoms with E-state index in [9.17, 15) is 18.0 Å². The number of rotatable bonds is 6. The van der Waals surface area contributed by atoms with Crippen molar-refractivity contribution in [1.82, 2.24) is 14.3 Å². The minimum atomic E-state index is -4.70. The third-order valence-electron chi connectivity index (χ3n) is 5.75. The number of pyridine rings is 1. The number of piperidine rings is 1. The molecule has 1 aliphatic heterocycles. The predicted molar refractivity (Wildman–Crippen MR) is 116 cm³/mol. The lowest BCUT2D eigenvalue weighted by Gasteiger charge is -2.32. The molecule has 33 heavy (non-hydrogen) atoms. The molecule has 0 saturated carbocycles. The zero-order valence-electron chi connectivity index (χ0n) is 18.6. The van der Waals surface area contributed by atoms with Gasteiger partial charge in [-0.1, -0.05) is 25.1 Å². The highest BCUT2D eigenvalue weighted by atomic mass is 19.4. The maximum Gasteiger partial charge on any atom is 0.573 e. The van der Waals surface area contributed by atoms with E-state index in [2.05, 4.69) is 9.72 Å². The maximum absolute atomic E-state index is 13.3. The molecule has 1 aliphatic rings. The molecule has 1 aromatic carbocycles. The molecule has 0 unspecified atom stereocenters. The number of nitrogens with zero attached hydrogens (tertiary/aromatic N) is 3. The highest BCUT2D eigenvalue weighted by molar-refractivity contribution is 5.95. The Balaban J connectivity index is 1.33. The molecule has 0 aliphatic carbocycles. The minimum absolute atomic E-state index is 0.0183. The number of alkyl halides is 3. The molecule has 0 atom stereocenters. The Morgan fingerprint density at radius 2 is 1.82 bits per heavy atom. The van der Waals surface area contributed by atoms with E-state index < -0.39 is 6.36 Å². The Morgan fingerprint density at radius 3 is 2.45 bits per heavy atom. The number of likely N-dealkylation sites (tertiary alicyclic amines) is 1. The quantitative estimate of drug-likeness (QED) is 0.523. The average molecular weight is 461 g/mol. The molecular formula is C24H26F3N3O3. The summed E-state index contributed by atoms with van der Waals surface area (Å²) in [6, 6.07) is 9.56. The normalized spacial score (nSPS) is 15.2. The van der Waals surface area contributed by atoms with Crippen LogP contribution in [0.25, 0.3) is 5.65 Å². The molecule has 1 saturated heterocycles. The van der Waals surface area contributed by atoms with Gasteiger partial charge in [-0.3, -0.25) is 9.20 Å². The zero-order chi connectivity index (χ0) is 23.6. The first kappa shape index (κ1) is 23.1. The molecule has 4 rings (SSSR count). The van der Waals surface area contributed by atoms with E-state index in [1.807, 2.05) is 41.5 Å². The van der Waals surface area contributed by atoms with Crippen LogP contribution in [0.4, 0.5) is 13.2 Å². The van der Waals surface area contributed by atoms with Crippen molar-refractivity contribution in [3.05, 3.63) is 65.1 Å². The van der Waals surface area contributed by atoms with Crippen LogP contribution in [0, 0.1) is 6.92 Å². The molecule has 0 radical (unpaired) electrons. The minimum Gasteiger partial charge on any atom is -0.406 e. The van der Waals surface area contributed by atoms with E-state index in [1.54, 1.807) is 12.1 Å². The van der Waals surface area contributed by atoms with Crippen molar-refractivity contribution in [3.63, 3.8) is 0 Å². The SMILES string of the molecule is CCc1nc2ccc(C)cn2c1C(=O)N1CCC(OCc2ccc(OC(F)(F)F)cc2)CC1. The molecular weight excluding hydrogens is 435 g/mol. The number of hydrogen-bond acceptors (Lipinski definition) is 4. The number of imidazole rings is 1. The Labute approximate surface area is 189 Å². The zero-order valence-corrected chi connectivity index (χ0v) is 18.6. The monoisotopic (exact) mass is 461 g/mol. The number of hydrogen-bond donors (Lipinski definition) is 0. The Hall–Kier alpha value is -3.07. The van der Waals surface area contributed by atoms with Crippen LogP contribution >= 0.6 is 0 Å². The second-order valence-corrected chi connectivity index (χ2v) is 8.19. The van der Waals surface area contributed by atoms with Gasteiger partial charge in [0.05, 0.1) is 18.4 Å². The summed E-state index contributed by atoms with van der Waals surface area (Å²) in [7, 11) is 0. The number of aromatic nitrogens is 2. The molecule has 176 valence electrons. The van der Waals surface area contributed by atoms with Crippen LogP contribution in [-0.4, -0.2) is 45.7 Å². The summed E-state index contributed by atoms with van der Waals surface area (Å²) in [5.41, 5.74) is 4.00. The molecule has 1 amide bonds. The van der Waals surface area contributed by atoms with E-state index >= 15 is 0 Å². The number of aryl methyl sites for hydroxylation is 2. The van der Waals surface area contributed by atoms with Gasteiger partial charge in [-0.25, -0.2) is 4.98 Å². The summed E-state index contributed by atoms with van der Waals surface area (Å²) in [6.45, 7) is 5.41. The number of amides is 1. The highest BCUT2D eigenvalue weighted by Crippen LogP contribution is 2.24. The summed E-state index contributed by atoms with van der Waals surface area (Å²) in [4.78, 5) is 19.8. The van der Waals surface area contributed by atoms with Crippen LogP contribution < -0.4 is 4.74 Å². The smallest absolute Gasteiger partial charge is 0.406 e. The van der Waals surface area contributed by atoms with Crippen LogP contribution in [-0.2, 0) is 17.8 Å². The van der Waals surface area contributed by atoms with Gasteiger partial charge in [0.1, 0.15) is 17.1 Å². The highest BCUT2D eigenvalue weighted by Gasteiger charge is 2.31. The van der Waals surface area contributed by atoms with Crippen LogP contribution in [0.1, 0.15) is 47.1 Å². The van der Waals surface area contributed by atoms with Crippen LogP contribution in [0.15, 0.2) is 42.6 Å². The van der Waals surface area contributed by atoms with E-state index in [-0.39, 0.29) is 24.4 Å². The fourth-order valence-corrected chi connectivity index (χ4v) is 4.05. The van der Waals surface area contributed by atoms with Crippen LogP contribution in [0.5, 0.6) is 5.75 Å². The second-order valence-electron chi connectivity index (χ2n) is 8.19. The summed E-state index contributed by atoms with van der Waals surface area (Å²) in [5, 5.41) is 0. The van der Waals surface area contributed by atoms with Crippen molar-refractivity contribution in [2.75, 3.05) is 13.1 Å². The van der Waals surface area contributed by atoms with Crippen LogP contribution in [0.3, 0.4) is 0 Å². The van der Waals surface area contributed by atoms with Crippen molar-refractivity contribution in [2.45, 2.75) is 52.2 Å². The first-order chi connectivity index (χ1) is 15.7. The molecule has 1 fully saturated rings. The standard InChI is InChI=1S/C24H26F3N3O3/c1-3-20-22(30-14-16(2)4-9-21(30)28-20)23(31)29-12-10-18(11-13-29)32-15-17-5-7-19(8-6-17)33-24(25,26)27/h4-9,14,18H,3,10-13,15H2,1-2H3. The van der Waals surface area contributed by atoms with Crippen molar-refractivity contribution in [2.24, 2.45) is 0 Å². The lowest BCUT2D eigenvalue weighted by Crippen LogP contribution is -2.41. The van der Waals surface area contributed by atoms with Crippen molar-refractivity contribution < 1.29 is 27.4 Å². The van der Waals surface area contributed by atoms with Gasteiger partial charge in [0.15, 0.2) is 0 Å². The van der Waals surface area contributed by atoms with Crippen LogP contribution in [0.2, 0.25) is 0 Å². The van der Waals surface area contributed by atoms with Crippen molar-refractivity contribution in [3.8, 4) is 5.75 Å². The largest absolute Gasteiger partial charge is 0.573 e. The van der Waals surface area contributed by atoms with Crippen molar-refractivity contribution >= 4 is 11.6 Å². The van der Waals surface area contributed by atoms with Gasteiger partial charge in [0, 0.05) is 19.3 Å². The van der Waals surface area contributed by atoms with E-state index in [0.717, 1.165) is 22.5 Å². The fourth-order valence-electron chi connectivity index (χ4n) is 4.05. The third-order valence-corrected chi connectivity index (χ3v) is 5.75. The fraction of sp³-hybridized carbons (Fsp3) is 0.417. The van der Waals surface area contributed by atoms with Gasteiger partial charge in [0.25, 0.3) is 5.91 Å². The lowest BCUT2D eigenvalue weighted by atomic mass is 10.1. The molecule has 0 bridgehead atoms. The van der Waals surface area contributed by atoms with Crippen molar-refractivity contribution in [1.29, 1.82) is 0 Å².